The summed E-state index contributed by atoms with van der Waals surface area (Å²) in [6, 6.07) is 4.93. The van der Waals surface area contributed by atoms with Gasteiger partial charge in [-0.25, -0.2) is 20.0 Å². The summed E-state index contributed by atoms with van der Waals surface area (Å²) in [5, 5.41) is 14.0. The van der Waals surface area contributed by atoms with Gasteiger partial charge in [0.05, 0.1) is 18.8 Å². The van der Waals surface area contributed by atoms with E-state index in [1.807, 2.05) is 25.7 Å². The number of anilines is 3. The summed E-state index contributed by atoms with van der Waals surface area (Å²) in [6.07, 6.45) is 13.9. The van der Waals surface area contributed by atoms with E-state index in [1.54, 1.807) is 18.2 Å². The van der Waals surface area contributed by atoms with Crippen molar-refractivity contribution in [3.05, 3.63) is 72.3 Å². The summed E-state index contributed by atoms with van der Waals surface area (Å²) in [7, 11) is 0. The number of hydrogen-bond acceptors (Lipinski definition) is 8. The van der Waals surface area contributed by atoms with E-state index >= 15 is 8.78 Å². The molecule has 0 bridgehead atoms. The molecule has 2 aromatic heterocycles. The number of allylic oxidation sites excluding steroid dienone is 3. The maximum absolute atomic E-state index is 16.9. The summed E-state index contributed by atoms with van der Waals surface area (Å²) in [6.45, 7) is 14.2. The molecule has 1 saturated heterocycles. The van der Waals surface area contributed by atoms with Gasteiger partial charge >= 0.3 is 29.6 Å². The van der Waals surface area contributed by atoms with Crippen LogP contribution in [0.4, 0.5) is 25.5 Å². The Morgan fingerprint density at radius 2 is 1.81 bits per heavy atom. The van der Waals surface area contributed by atoms with Crippen LogP contribution < -0.4 is 45.5 Å². The smallest absolute Gasteiger partial charge is 0.470 e. The van der Waals surface area contributed by atoms with E-state index in [0.717, 1.165) is 25.9 Å². The Kier molecular flexibility index (Phi) is 16.4. The van der Waals surface area contributed by atoms with Crippen LogP contribution in [0.1, 0.15) is 83.9 Å². The fourth-order valence-electron chi connectivity index (χ4n) is 5.50. The number of aromatic nitrogens is 2. The first-order valence-corrected chi connectivity index (χ1v) is 16.8. The SMILES string of the molecule is CC.CCCC.CC[C-]=CC=[C-]Nc1nc(N2CCC(C)C2)nc2c(F)c(-c3c(F)ccc4sc(N)c(C#N)c34)c3c(c12)COC3.[CH3-].[Na+]. The molecule has 48 heavy (non-hydrogen) atoms. The van der Waals surface area contributed by atoms with Gasteiger partial charge in [0.25, 0.3) is 0 Å². The first kappa shape index (κ1) is 41.1. The number of rotatable bonds is 7. The van der Waals surface area contributed by atoms with Crippen LogP contribution >= 0.6 is 11.3 Å². The van der Waals surface area contributed by atoms with Crippen molar-refractivity contribution >= 4 is 49.1 Å². The van der Waals surface area contributed by atoms with E-state index in [4.69, 9.17) is 20.4 Å². The number of hydrogen-bond donors (Lipinski definition) is 2. The van der Waals surface area contributed by atoms with Gasteiger partial charge in [-0.3, -0.25) is 4.98 Å². The summed E-state index contributed by atoms with van der Waals surface area (Å²) < 4.78 is 38.9. The fraction of sp³-hybridized carbons (Fsp3) is 0.405. The molecule has 1 unspecified atom stereocenters. The van der Waals surface area contributed by atoms with E-state index < -0.39 is 11.6 Å². The standard InChI is InChI=1S/C30H26F2N6OS.C4H10.C2H6.CH3.Na/c1-3-4-5-6-10-35-29-24-19-15-39-14-18(19)23(25-20(31)7-8-21-22(25)17(12-33)28(34)40-21)26(32)27(24)36-30(37-29)38-11-9-16(2)13-38;1-3-4-2;1-2;;/h5-8,16H,3,9,11,13-15,34H2,1-2H3,(H,35,36,37);3-4H2,1-2H3;1-2H3;1H3;/q-2;;;-1;+1. The zero-order chi connectivity index (χ0) is 33.4. The Morgan fingerprint density at radius 1 is 1.10 bits per heavy atom. The zero-order valence-corrected chi connectivity index (χ0v) is 32.3. The van der Waals surface area contributed by atoms with Gasteiger partial charge in [0.15, 0.2) is 5.82 Å². The van der Waals surface area contributed by atoms with Crippen molar-refractivity contribution in [2.45, 2.75) is 80.4 Å². The van der Waals surface area contributed by atoms with Crippen LogP contribution in [0.2, 0.25) is 0 Å². The second-order valence-corrected chi connectivity index (χ2v) is 12.1. The molecule has 4 heterocycles. The number of fused-ring (bicyclic) bond motifs is 4. The Bertz CT molecular complexity index is 1800. The second kappa shape index (κ2) is 19.2. The molecule has 2 aliphatic rings. The minimum absolute atomic E-state index is 0. The fourth-order valence-corrected chi connectivity index (χ4v) is 6.43. The van der Waals surface area contributed by atoms with Crippen molar-refractivity contribution in [3.8, 4) is 17.2 Å². The van der Waals surface area contributed by atoms with E-state index in [0.29, 0.717) is 44.3 Å². The largest absolute Gasteiger partial charge is 1.00 e. The maximum atomic E-state index is 16.9. The number of thiophene rings is 1. The number of nitrogens with zero attached hydrogens (tertiary/aromatic N) is 4. The van der Waals surface area contributed by atoms with Crippen molar-refractivity contribution in [1.82, 2.24) is 9.97 Å². The van der Waals surface area contributed by atoms with Crippen molar-refractivity contribution in [2.75, 3.05) is 29.0 Å². The number of nitriles is 1. The monoisotopic (exact) mass is 682 g/mol. The molecule has 2 aromatic carbocycles. The van der Waals surface area contributed by atoms with Gasteiger partial charge in [0.1, 0.15) is 22.4 Å². The maximum Gasteiger partial charge on any atom is 1.00 e. The normalized spacial score (nSPS) is 15.0. The molecule has 11 heteroatoms. The number of nitrogen functional groups attached to an aromatic ring is 1. The number of nitrogens with two attached hydrogens (primary N) is 1. The first-order valence-electron chi connectivity index (χ1n) is 16.0. The minimum atomic E-state index is -0.693. The third-order valence-electron chi connectivity index (χ3n) is 7.87. The van der Waals surface area contributed by atoms with Crippen LogP contribution in [0, 0.1) is 48.6 Å². The van der Waals surface area contributed by atoms with Gasteiger partial charge in [-0.15, -0.1) is 17.8 Å². The summed E-state index contributed by atoms with van der Waals surface area (Å²) >= 11 is 1.17. The van der Waals surface area contributed by atoms with Crippen LogP contribution in [0.3, 0.4) is 0 Å². The molecule has 252 valence electrons. The van der Waals surface area contributed by atoms with Crippen LogP contribution in [0.25, 0.3) is 32.1 Å². The van der Waals surface area contributed by atoms with Crippen LogP contribution in [0.15, 0.2) is 24.3 Å². The Labute approximate surface area is 310 Å². The van der Waals surface area contributed by atoms with Crippen LogP contribution in [-0.2, 0) is 18.0 Å². The van der Waals surface area contributed by atoms with Crippen molar-refractivity contribution in [1.29, 1.82) is 5.26 Å². The van der Waals surface area contributed by atoms with Gasteiger partial charge in [0, 0.05) is 40.1 Å². The third kappa shape index (κ3) is 8.38. The van der Waals surface area contributed by atoms with Crippen molar-refractivity contribution in [2.24, 2.45) is 5.92 Å². The molecule has 1 fully saturated rings. The zero-order valence-electron chi connectivity index (χ0n) is 29.5. The van der Waals surface area contributed by atoms with E-state index in [9.17, 15) is 5.26 Å². The predicted octanol–water partition coefficient (Wildman–Crippen LogP) is 6.91. The van der Waals surface area contributed by atoms with E-state index in [2.05, 4.69) is 44.4 Å². The van der Waals surface area contributed by atoms with Crippen molar-refractivity contribution in [3.63, 3.8) is 0 Å². The molecule has 0 amide bonds. The molecular formula is C37H45F2N6NaOS-2. The Balaban J connectivity index is 0.000000933. The van der Waals surface area contributed by atoms with Gasteiger partial charge in [-0.05, 0) is 41.0 Å². The number of benzene rings is 2. The average Bonchev–Trinajstić information content (AvgIpc) is 3.81. The molecule has 7 nitrogen and oxygen atoms in total. The average molecular weight is 683 g/mol. The molecule has 0 spiro atoms. The predicted molar refractivity (Wildman–Crippen MR) is 192 cm³/mol. The van der Waals surface area contributed by atoms with E-state index in [1.165, 1.54) is 30.2 Å². The molecule has 3 N–H and O–H groups in total. The third-order valence-corrected chi connectivity index (χ3v) is 8.85. The number of nitrogens with one attached hydrogen (secondary N) is 1. The van der Waals surface area contributed by atoms with E-state index in [-0.39, 0.29) is 77.4 Å². The quantitative estimate of drug-likeness (QED) is 0.0947. The van der Waals surface area contributed by atoms with Gasteiger partial charge in [0.2, 0.25) is 5.95 Å². The summed E-state index contributed by atoms with van der Waals surface area (Å²) in [5.74, 6) is -0.113. The number of ether oxygens (including phenoxy) is 1. The summed E-state index contributed by atoms with van der Waals surface area (Å²) in [5.41, 5.74) is 7.51. The minimum Gasteiger partial charge on any atom is -0.470 e. The second-order valence-electron chi connectivity index (χ2n) is 11.0. The molecule has 0 radical (unpaired) electrons. The Morgan fingerprint density at radius 3 is 2.44 bits per heavy atom. The van der Waals surface area contributed by atoms with Gasteiger partial charge in [-0.2, -0.15) is 5.26 Å². The first-order chi connectivity index (χ1) is 22.3. The van der Waals surface area contributed by atoms with Crippen LogP contribution in [0.5, 0.6) is 0 Å². The Hall–Kier alpha value is -3.07. The molecule has 0 saturated carbocycles. The molecule has 6 rings (SSSR count). The van der Waals surface area contributed by atoms with Gasteiger partial charge < -0.3 is 46.3 Å². The molecular weight excluding hydrogens is 638 g/mol. The van der Waals surface area contributed by atoms with Gasteiger partial charge in [-0.1, -0.05) is 54.4 Å². The molecule has 4 aromatic rings. The number of halogens is 2. The topological polar surface area (TPSA) is 100 Å². The molecule has 1 atom stereocenters. The molecule has 2 aliphatic heterocycles. The van der Waals surface area contributed by atoms with Crippen LogP contribution in [-0.4, -0.2) is 23.1 Å². The molecule has 0 aliphatic carbocycles. The van der Waals surface area contributed by atoms with Crippen molar-refractivity contribution < 1.29 is 43.1 Å². The number of unbranched alkanes of at least 4 members (excludes halogenated alkanes) is 1. The summed E-state index contributed by atoms with van der Waals surface area (Å²) in [4.78, 5) is 11.5.